The van der Waals surface area contributed by atoms with E-state index in [1.807, 2.05) is 19.9 Å². The molecule has 0 aromatic heterocycles. The van der Waals surface area contributed by atoms with Crippen LogP contribution < -0.4 is 30.7 Å². The number of aliphatic hydroxyl groups excluding tert-OH is 2. The third kappa shape index (κ3) is 25.1. The molecule has 0 bridgehead atoms. The summed E-state index contributed by atoms with van der Waals surface area (Å²) in [5.41, 5.74) is -1.56. The number of allylic oxidation sites excluding steroid dienone is 3. The van der Waals surface area contributed by atoms with Crippen LogP contribution in [0.15, 0.2) is 23.3 Å². The van der Waals surface area contributed by atoms with Crippen molar-refractivity contribution in [2.75, 3.05) is 68.1 Å². The Bertz CT molecular complexity index is 2820. The number of ether oxygens (including phenoxy) is 13. The molecule has 7 N–H and O–H groups in total. The minimum Gasteiger partial charge on any atom is -0.496 e. The lowest BCUT2D eigenvalue weighted by Crippen LogP contribution is -2.71. The second-order valence-corrected chi connectivity index (χ2v) is 26.9. The number of methoxy groups -OCH3 is 3. The third-order valence-corrected chi connectivity index (χ3v) is 15.2. The summed E-state index contributed by atoms with van der Waals surface area (Å²) >= 11 is 0. The van der Waals surface area contributed by atoms with Crippen LogP contribution in [0.4, 0.5) is 32.3 Å². The number of halogens is 3. The van der Waals surface area contributed by atoms with Crippen LogP contribution in [0.2, 0.25) is 0 Å². The van der Waals surface area contributed by atoms with Gasteiger partial charge in [-0.3, -0.25) is 4.79 Å². The number of benzene rings is 1. The van der Waals surface area contributed by atoms with E-state index in [1.54, 1.807) is 75.3 Å². The number of unbranched alkanes of at least 4 members (excludes halogenated alkanes) is 1. The first kappa shape index (κ1) is 80.9. The Morgan fingerprint density at radius 1 is 0.811 bits per heavy atom. The number of fused-ring (bicyclic) bond motifs is 1. The summed E-state index contributed by atoms with van der Waals surface area (Å²) in [4.78, 5) is 91.9. The molecule has 12 atom stereocenters. The van der Waals surface area contributed by atoms with E-state index >= 15 is 0 Å². The molecule has 10 unspecified atom stereocenters. The van der Waals surface area contributed by atoms with Gasteiger partial charge in [-0.05, 0) is 147 Å². The molecule has 0 radical (unpaired) electrons. The Balaban J connectivity index is 1.67. The molecule has 4 rings (SSSR count). The van der Waals surface area contributed by atoms with Gasteiger partial charge in [-0.25, -0.2) is 24.0 Å². The van der Waals surface area contributed by atoms with E-state index in [1.165, 1.54) is 21.3 Å². The molecule has 5 amide bonds. The van der Waals surface area contributed by atoms with Crippen LogP contribution in [-0.4, -0.2) is 221 Å². The number of alkyl halides is 3. The SMILES string of the molecule is COCCOCOc1c(C/C=C(\C)CC(C=O)C/C(C)=C/COC(=O)NC2CC(NC(=O)OC(C)(C)C)[C@@H](O[C@@H](OC)C(CCCCNC(=O)OC(C)(C)C)NC(=O)OC(C)(C)C)C(O)C2OC2OCC(C)(O)C(N(C)C(=O)C(F)(F)F)C2O)c(OC)c(C)c2c1C(=O)OC2. The van der Waals surface area contributed by atoms with Crippen LogP contribution in [0.5, 0.6) is 11.5 Å². The highest BCUT2D eigenvalue weighted by Gasteiger charge is 2.57. The molecule has 1 aromatic rings. The lowest BCUT2D eigenvalue weighted by atomic mass is 9.83. The molecule has 3 aliphatic rings. The average molecular weight is 1360 g/mol. The van der Waals surface area contributed by atoms with E-state index in [2.05, 4.69) is 21.3 Å². The quantitative estimate of drug-likeness (QED) is 0.0102. The predicted molar refractivity (Wildman–Crippen MR) is 333 cm³/mol. The fourth-order valence-electron chi connectivity index (χ4n) is 11.1. The number of aldehydes is 1. The number of aliphatic hydroxyl groups is 3. The number of alkyl carbamates (subject to hydrolysis) is 4. The van der Waals surface area contributed by atoms with Crippen LogP contribution in [0, 0.1) is 12.8 Å². The first-order valence-electron chi connectivity index (χ1n) is 31.3. The van der Waals surface area contributed by atoms with Gasteiger partial charge in [0, 0.05) is 44.9 Å². The number of hydrogen-bond donors (Lipinski definition) is 7. The van der Waals surface area contributed by atoms with Gasteiger partial charge in [0.05, 0.1) is 51.1 Å². The zero-order valence-electron chi connectivity index (χ0n) is 57.6. The van der Waals surface area contributed by atoms with Gasteiger partial charge >= 0.3 is 42.4 Å². The minimum absolute atomic E-state index is 0.0436. The van der Waals surface area contributed by atoms with Gasteiger partial charge in [-0.2, -0.15) is 13.2 Å². The topological polar surface area (TPSA) is 352 Å². The van der Waals surface area contributed by atoms with Crippen molar-refractivity contribution in [1.29, 1.82) is 0 Å². The summed E-state index contributed by atoms with van der Waals surface area (Å²) < 4.78 is 116. The van der Waals surface area contributed by atoms with Crippen molar-refractivity contribution in [3.8, 4) is 11.5 Å². The summed E-state index contributed by atoms with van der Waals surface area (Å²) in [7, 11) is 4.96. The van der Waals surface area contributed by atoms with Crippen molar-refractivity contribution in [3.05, 3.63) is 45.6 Å². The third-order valence-electron chi connectivity index (χ3n) is 15.2. The highest BCUT2D eigenvalue weighted by Crippen LogP contribution is 2.43. The maximum atomic E-state index is 14.0. The molecule has 1 saturated heterocycles. The van der Waals surface area contributed by atoms with Crippen LogP contribution in [0.1, 0.15) is 149 Å². The Morgan fingerprint density at radius 3 is 2.00 bits per heavy atom. The Hall–Kier alpha value is -6.58. The lowest BCUT2D eigenvalue weighted by Gasteiger charge is -2.50. The van der Waals surface area contributed by atoms with Crippen molar-refractivity contribution in [2.24, 2.45) is 5.92 Å². The maximum Gasteiger partial charge on any atom is 0.471 e. The van der Waals surface area contributed by atoms with Crippen molar-refractivity contribution in [2.45, 2.75) is 231 Å². The first-order chi connectivity index (χ1) is 44.1. The molecular weight excluding hydrogens is 1260 g/mol. The Labute approximate surface area is 553 Å². The van der Waals surface area contributed by atoms with Gasteiger partial charge in [-0.1, -0.05) is 17.2 Å². The van der Waals surface area contributed by atoms with Crippen molar-refractivity contribution < 1.29 is 124 Å². The highest BCUT2D eigenvalue weighted by molar-refractivity contribution is 5.98. The van der Waals surface area contributed by atoms with Crippen molar-refractivity contribution >= 4 is 42.5 Å². The molecule has 1 aliphatic carbocycles. The zero-order valence-corrected chi connectivity index (χ0v) is 57.6. The first-order valence-corrected chi connectivity index (χ1v) is 31.3. The van der Waals surface area contributed by atoms with E-state index in [0.29, 0.717) is 60.9 Å². The molecule has 2 aliphatic heterocycles. The van der Waals surface area contributed by atoms with Crippen LogP contribution >= 0.6 is 0 Å². The molecule has 540 valence electrons. The van der Waals surface area contributed by atoms with E-state index in [-0.39, 0.29) is 68.6 Å². The molecule has 1 aromatic carbocycles. The Morgan fingerprint density at radius 2 is 1.41 bits per heavy atom. The highest BCUT2D eigenvalue weighted by atomic mass is 19.4. The molecule has 2 heterocycles. The van der Waals surface area contributed by atoms with Gasteiger partial charge in [0.25, 0.3) is 0 Å². The van der Waals surface area contributed by atoms with Gasteiger partial charge in [-0.15, -0.1) is 0 Å². The number of cyclic esters (lactones) is 1. The number of carbonyl (C=O) groups excluding carboxylic acids is 7. The second-order valence-electron chi connectivity index (χ2n) is 26.9. The average Bonchev–Trinajstić information content (AvgIpc) is 1.76. The number of nitrogens with zero attached hydrogens (tertiary/aromatic N) is 1. The lowest BCUT2D eigenvalue weighted by molar-refractivity contribution is -0.313. The molecule has 95 heavy (non-hydrogen) atoms. The Kier molecular flexibility index (Phi) is 30.3. The molecule has 0 spiro atoms. The summed E-state index contributed by atoms with van der Waals surface area (Å²) in [6, 6.07) is -6.05. The van der Waals surface area contributed by atoms with Crippen LogP contribution in [-0.2, 0) is 74.7 Å². The molecule has 31 heteroatoms. The second kappa shape index (κ2) is 35.6. The van der Waals surface area contributed by atoms with E-state index in [0.717, 1.165) is 18.8 Å². The number of carbonyl (C=O) groups is 7. The predicted octanol–water partition coefficient (Wildman–Crippen LogP) is 6.65. The van der Waals surface area contributed by atoms with E-state index in [4.69, 9.17) is 61.6 Å². The maximum absolute atomic E-state index is 14.0. The number of hydrogen-bond acceptors (Lipinski definition) is 23. The van der Waals surface area contributed by atoms with Crippen LogP contribution in [0.3, 0.4) is 0 Å². The monoisotopic (exact) mass is 1360 g/mol. The molecule has 2 fully saturated rings. The summed E-state index contributed by atoms with van der Waals surface area (Å²) in [5, 5.41) is 46.4. The number of nitrogens with one attached hydrogen (secondary N) is 4. The molecule has 28 nitrogen and oxygen atoms in total. The van der Waals surface area contributed by atoms with E-state index < -0.39 is 145 Å². The zero-order chi connectivity index (χ0) is 71.6. The van der Waals surface area contributed by atoms with Gasteiger partial charge in [0.1, 0.15) is 83.4 Å². The van der Waals surface area contributed by atoms with Crippen molar-refractivity contribution in [3.63, 3.8) is 0 Å². The van der Waals surface area contributed by atoms with E-state index in [9.17, 15) is 62.1 Å². The number of rotatable bonds is 31. The number of esters is 1. The van der Waals surface area contributed by atoms with Crippen molar-refractivity contribution in [1.82, 2.24) is 26.2 Å². The van der Waals surface area contributed by atoms with Gasteiger partial charge in [0.15, 0.2) is 19.4 Å². The standard InChI is InChI=1S/C64H100F3N5O23/c1-35(21-22-39-47(84-16)37(3)40-32-88-52(76)44(40)48(39)90-34-86-27-26-83-15)28-38(31-73)29-36(2)23-25-87-57(79)70-42-30-43(71-59(81)95-62(10,11)12)49(45(74)50(42)92-54-46(75)51(63(13,82)33-89-54)72(14)55(77)64(65,66)67)91-53(85-17)41(69-58(80)94-61(7,8)9)20-18-19-24-68-56(78)93-60(4,5)6/h21,23,31,38,41-43,45-46,49-51,53-54,74-75,82H,18-20,22,24-30,32-34H2,1-17H3,(H,68,78)(H,69,80)(H,70,79)(H,71,81)/b35-21+,36-23+/t38?,41?,42?,43?,45?,46?,49-,50?,51?,53-,54?,63?/m1/s1. The molecule has 1 saturated carbocycles. The fourth-order valence-corrected chi connectivity index (χ4v) is 11.1. The largest absolute Gasteiger partial charge is 0.496 e. The van der Waals surface area contributed by atoms with Crippen LogP contribution in [0.25, 0.3) is 0 Å². The summed E-state index contributed by atoms with van der Waals surface area (Å²) in [6.07, 6.45) is -15.4. The summed E-state index contributed by atoms with van der Waals surface area (Å²) in [5.74, 6) is -2.80. The number of likely N-dealkylation sites (N-methyl/N-ethyl adjacent to an activating group) is 1. The van der Waals surface area contributed by atoms with Gasteiger partial charge in [0.2, 0.25) is 0 Å². The smallest absolute Gasteiger partial charge is 0.471 e. The number of amides is 5. The summed E-state index contributed by atoms with van der Waals surface area (Å²) in [6.45, 7) is 20.5. The fraction of sp³-hybridized carbons (Fsp3) is 0.734. The minimum atomic E-state index is -5.46. The van der Waals surface area contributed by atoms with Gasteiger partial charge < -0.3 is 108 Å². The molecular formula is C64H100F3N5O23. The normalized spacial score (nSPS) is 23.6.